The number of carbonyl (C=O) groups is 2. The van der Waals surface area contributed by atoms with Crippen LogP contribution in [-0.4, -0.2) is 11.6 Å². The first-order valence-electron chi connectivity index (χ1n) is 18.1. The van der Waals surface area contributed by atoms with Crippen molar-refractivity contribution in [3.05, 3.63) is 105 Å². The molecule has 0 saturated heterocycles. The molecule has 250 valence electrons. The van der Waals surface area contributed by atoms with Crippen LogP contribution in [-0.2, 0) is 25.7 Å². The van der Waals surface area contributed by atoms with Gasteiger partial charge in [0.25, 0.3) is 0 Å². The van der Waals surface area contributed by atoms with E-state index in [2.05, 4.69) is 111 Å². The van der Waals surface area contributed by atoms with Crippen LogP contribution in [0.4, 0.5) is 0 Å². The first kappa shape index (κ1) is 37.5. The van der Waals surface area contributed by atoms with Crippen molar-refractivity contribution in [3.8, 4) is 0 Å². The third-order valence-corrected chi connectivity index (χ3v) is 9.63. The molecule has 0 bridgehead atoms. The van der Waals surface area contributed by atoms with Gasteiger partial charge >= 0.3 is 0 Å². The van der Waals surface area contributed by atoms with Crippen molar-refractivity contribution in [2.45, 2.75) is 139 Å². The summed E-state index contributed by atoms with van der Waals surface area (Å²) in [5.74, 6) is 1.13. The Bertz CT molecular complexity index is 1410. The standard InChI is InChI=1S/C34H48O2.C10H14/c1-7-19-34(6,20-8-2)24-29-22-28(31(35)18-15-25-9-10-25)16-17-30(29)32(36)21-26-11-13-27(14-12-26)23-33(3,4)5;1-4-10-6-5-8(2)9(3)7-10/h11-14,16-17,22,25H,7-10,15,18-21,23-24H2,1-6H3;5-7H,4H2,1-3H3. The first-order chi connectivity index (χ1) is 21.8. The minimum Gasteiger partial charge on any atom is -0.294 e. The van der Waals surface area contributed by atoms with E-state index in [0.29, 0.717) is 12.8 Å². The van der Waals surface area contributed by atoms with Gasteiger partial charge < -0.3 is 0 Å². The maximum atomic E-state index is 13.6. The second kappa shape index (κ2) is 17.2. The fourth-order valence-corrected chi connectivity index (χ4v) is 6.73. The summed E-state index contributed by atoms with van der Waals surface area (Å²) in [4.78, 5) is 26.5. The van der Waals surface area contributed by atoms with Gasteiger partial charge in [-0.25, -0.2) is 0 Å². The van der Waals surface area contributed by atoms with E-state index >= 15 is 0 Å². The molecule has 1 fully saturated rings. The van der Waals surface area contributed by atoms with Crippen LogP contribution in [0.25, 0.3) is 0 Å². The molecule has 1 saturated carbocycles. The van der Waals surface area contributed by atoms with E-state index in [9.17, 15) is 9.59 Å². The van der Waals surface area contributed by atoms with Crippen LogP contribution in [0.5, 0.6) is 0 Å². The molecule has 0 unspecified atom stereocenters. The third kappa shape index (κ3) is 12.3. The van der Waals surface area contributed by atoms with Crippen molar-refractivity contribution >= 4 is 11.6 Å². The zero-order valence-corrected chi connectivity index (χ0v) is 30.7. The number of hydrogen-bond donors (Lipinski definition) is 0. The van der Waals surface area contributed by atoms with E-state index in [4.69, 9.17) is 0 Å². The lowest BCUT2D eigenvalue weighted by Gasteiger charge is -2.30. The Balaban J connectivity index is 0.000000489. The fraction of sp³-hybridized carbons (Fsp3) is 0.545. The molecule has 1 aliphatic carbocycles. The minimum absolute atomic E-state index is 0.142. The summed E-state index contributed by atoms with van der Waals surface area (Å²) in [6.07, 6.45) is 12.1. The van der Waals surface area contributed by atoms with Gasteiger partial charge in [-0.1, -0.05) is 129 Å². The van der Waals surface area contributed by atoms with E-state index in [1.165, 1.54) is 35.1 Å². The van der Waals surface area contributed by atoms with Gasteiger partial charge in [0.15, 0.2) is 11.6 Å². The predicted molar refractivity (Wildman–Crippen MR) is 197 cm³/mol. The Morgan fingerprint density at radius 2 is 1.30 bits per heavy atom. The van der Waals surface area contributed by atoms with Crippen molar-refractivity contribution in [2.75, 3.05) is 0 Å². The molecular weight excluding hydrogens is 560 g/mol. The normalized spacial score (nSPS) is 13.2. The molecule has 1 aliphatic rings. The Labute approximate surface area is 281 Å². The lowest BCUT2D eigenvalue weighted by molar-refractivity contribution is 0.0970. The summed E-state index contributed by atoms with van der Waals surface area (Å²) >= 11 is 0. The average Bonchev–Trinajstić information content (AvgIpc) is 3.83. The lowest BCUT2D eigenvalue weighted by atomic mass is 9.75. The Morgan fingerprint density at radius 3 is 1.85 bits per heavy atom. The van der Waals surface area contributed by atoms with E-state index in [1.54, 1.807) is 0 Å². The van der Waals surface area contributed by atoms with Gasteiger partial charge in [-0.3, -0.25) is 9.59 Å². The second-order valence-electron chi connectivity index (χ2n) is 15.7. The second-order valence-corrected chi connectivity index (χ2v) is 15.7. The molecule has 2 heteroatoms. The van der Waals surface area contributed by atoms with Gasteiger partial charge in [-0.05, 0) is 109 Å². The maximum Gasteiger partial charge on any atom is 0.167 e. The largest absolute Gasteiger partial charge is 0.294 e. The van der Waals surface area contributed by atoms with Crippen LogP contribution in [0, 0.1) is 30.6 Å². The number of benzene rings is 3. The zero-order valence-electron chi connectivity index (χ0n) is 30.7. The summed E-state index contributed by atoms with van der Waals surface area (Å²) in [6.45, 7) is 20.1. The first-order valence-corrected chi connectivity index (χ1v) is 18.1. The molecule has 0 heterocycles. The Kier molecular flexibility index (Phi) is 14.0. The molecule has 0 atom stereocenters. The minimum atomic E-state index is 0.142. The smallest absolute Gasteiger partial charge is 0.167 e. The van der Waals surface area contributed by atoms with Crippen LogP contribution in [0.2, 0.25) is 0 Å². The van der Waals surface area contributed by atoms with Crippen LogP contribution in [0.15, 0.2) is 60.7 Å². The van der Waals surface area contributed by atoms with Crippen LogP contribution >= 0.6 is 0 Å². The Morgan fingerprint density at radius 1 is 0.696 bits per heavy atom. The molecule has 0 aromatic heterocycles. The molecule has 0 N–H and O–H groups in total. The van der Waals surface area contributed by atoms with Gasteiger partial charge in [-0.2, -0.15) is 0 Å². The number of aryl methyl sites for hydroxylation is 3. The Hall–Kier alpha value is -3.00. The fourth-order valence-electron chi connectivity index (χ4n) is 6.73. The summed E-state index contributed by atoms with van der Waals surface area (Å²) in [7, 11) is 0. The van der Waals surface area contributed by atoms with Crippen molar-refractivity contribution in [2.24, 2.45) is 16.7 Å². The summed E-state index contributed by atoms with van der Waals surface area (Å²) in [6, 6.07) is 21.1. The highest BCUT2D eigenvalue weighted by Crippen LogP contribution is 2.36. The average molecular weight is 623 g/mol. The van der Waals surface area contributed by atoms with Crippen LogP contribution in [0.1, 0.15) is 154 Å². The van der Waals surface area contributed by atoms with Crippen molar-refractivity contribution < 1.29 is 9.59 Å². The van der Waals surface area contributed by atoms with E-state index in [0.717, 1.165) is 79.5 Å². The highest BCUT2D eigenvalue weighted by atomic mass is 16.1. The highest BCUT2D eigenvalue weighted by Gasteiger charge is 2.27. The van der Waals surface area contributed by atoms with Gasteiger partial charge in [0.1, 0.15) is 0 Å². The van der Waals surface area contributed by atoms with Gasteiger partial charge in [0, 0.05) is 24.0 Å². The lowest BCUT2D eigenvalue weighted by Crippen LogP contribution is -2.22. The molecule has 0 spiro atoms. The molecule has 0 amide bonds. The molecule has 3 aromatic carbocycles. The van der Waals surface area contributed by atoms with Crippen LogP contribution in [0.3, 0.4) is 0 Å². The number of rotatable bonds is 15. The monoisotopic (exact) mass is 622 g/mol. The SMILES string of the molecule is CCCC(C)(CCC)Cc1cc(C(=O)CCC2CC2)ccc1C(=O)Cc1ccc(CC(C)(C)C)cc1.CCc1ccc(C)c(C)c1. The number of ketones is 2. The van der Waals surface area contributed by atoms with E-state index in [1.807, 2.05) is 12.1 Å². The molecule has 2 nitrogen and oxygen atoms in total. The van der Waals surface area contributed by atoms with E-state index < -0.39 is 0 Å². The quantitative estimate of drug-likeness (QED) is 0.158. The molecule has 4 rings (SSSR count). The summed E-state index contributed by atoms with van der Waals surface area (Å²) < 4.78 is 0. The highest BCUT2D eigenvalue weighted by molar-refractivity contribution is 6.01. The van der Waals surface area contributed by atoms with Crippen molar-refractivity contribution in [3.63, 3.8) is 0 Å². The number of carbonyl (C=O) groups excluding carboxylic acids is 2. The molecule has 0 aliphatic heterocycles. The van der Waals surface area contributed by atoms with Crippen molar-refractivity contribution in [1.82, 2.24) is 0 Å². The molecule has 0 radical (unpaired) electrons. The van der Waals surface area contributed by atoms with Gasteiger partial charge in [0.2, 0.25) is 0 Å². The third-order valence-electron chi connectivity index (χ3n) is 9.63. The van der Waals surface area contributed by atoms with Gasteiger partial charge in [0.05, 0.1) is 0 Å². The topological polar surface area (TPSA) is 34.1 Å². The number of Topliss-reactive ketones (excluding diaryl/α,β-unsaturated/α-hetero) is 2. The summed E-state index contributed by atoms with van der Waals surface area (Å²) in [5.41, 5.74) is 9.61. The maximum absolute atomic E-state index is 13.6. The number of hydrogen-bond acceptors (Lipinski definition) is 2. The predicted octanol–water partition coefficient (Wildman–Crippen LogP) is 12.1. The van der Waals surface area contributed by atoms with Crippen LogP contribution < -0.4 is 0 Å². The summed E-state index contributed by atoms with van der Waals surface area (Å²) in [5, 5.41) is 0. The molecular formula is C44H62O2. The van der Waals surface area contributed by atoms with E-state index in [-0.39, 0.29) is 22.4 Å². The van der Waals surface area contributed by atoms with Gasteiger partial charge in [-0.15, -0.1) is 0 Å². The molecule has 3 aromatic rings. The van der Waals surface area contributed by atoms with Crippen molar-refractivity contribution in [1.29, 1.82) is 0 Å². The zero-order chi connectivity index (χ0) is 33.9. The molecule has 46 heavy (non-hydrogen) atoms.